The molecule has 0 unspecified atom stereocenters. The second-order valence-electron chi connectivity index (χ2n) is 3.24. The second-order valence-corrected chi connectivity index (χ2v) is 3.24. The van der Waals surface area contributed by atoms with Crippen LogP contribution in [0.1, 0.15) is 10.4 Å². The first-order valence-electron chi connectivity index (χ1n) is 5.10. The van der Waals surface area contributed by atoms with Gasteiger partial charge in [0.15, 0.2) is 0 Å². The zero-order chi connectivity index (χ0) is 12.7. The summed E-state index contributed by atoms with van der Waals surface area (Å²) in [6.07, 6.45) is 0. The molecule has 0 radical (unpaired) electrons. The molecule has 6 heteroatoms. The quantitative estimate of drug-likeness (QED) is 0.667. The topological polar surface area (TPSA) is 93.4 Å². The lowest BCUT2D eigenvalue weighted by Gasteiger charge is -2.07. The minimum absolute atomic E-state index is 0.363. The minimum atomic E-state index is -0.448. The van der Waals surface area contributed by atoms with Crippen molar-refractivity contribution >= 4 is 17.7 Å². The van der Waals surface area contributed by atoms with Gasteiger partial charge in [-0.15, -0.1) is 0 Å². The highest BCUT2D eigenvalue weighted by Crippen LogP contribution is 2.11. The van der Waals surface area contributed by atoms with Gasteiger partial charge < -0.3 is 21.1 Å². The van der Waals surface area contributed by atoms with Crippen LogP contribution in [0.5, 0.6) is 0 Å². The first kappa shape index (κ1) is 13.0. The molecule has 0 spiro atoms. The maximum atomic E-state index is 11.3. The van der Waals surface area contributed by atoms with Crippen molar-refractivity contribution in [3.05, 3.63) is 29.8 Å². The molecule has 1 aromatic carbocycles. The first-order chi connectivity index (χ1) is 8.17. The molecule has 92 valence electrons. The summed E-state index contributed by atoms with van der Waals surface area (Å²) in [6, 6.07) is 6.11. The number of esters is 1. The van der Waals surface area contributed by atoms with Crippen molar-refractivity contribution in [2.45, 2.75) is 0 Å². The van der Waals surface area contributed by atoms with Gasteiger partial charge in [-0.3, -0.25) is 0 Å². The molecule has 0 aliphatic heterocycles. The standard InChI is InChI=1S/C11H15N3O3/c1-17-10(15)8-3-2-4-9(7-8)14-11(16)13-6-5-12/h2-4,7H,5-6,12H2,1H3,(H2,13,14,16). The van der Waals surface area contributed by atoms with Crippen molar-refractivity contribution in [1.82, 2.24) is 5.32 Å². The van der Waals surface area contributed by atoms with E-state index in [1.165, 1.54) is 13.2 Å². The number of rotatable bonds is 4. The summed E-state index contributed by atoms with van der Waals surface area (Å²) in [5.74, 6) is -0.448. The molecular weight excluding hydrogens is 222 g/mol. The van der Waals surface area contributed by atoms with E-state index in [1.807, 2.05) is 0 Å². The molecule has 0 saturated heterocycles. The van der Waals surface area contributed by atoms with Gasteiger partial charge in [-0.1, -0.05) is 6.07 Å². The highest BCUT2D eigenvalue weighted by atomic mass is 16.5. The molecule has 1 aromatic rings. The number of methoxy groups -OCH3 is 1. The van der Waals surface area contributed by atoms with Crippen molar-refractivity contribution in [2.24, 2.45) is 5.73 Å². The fraction of sp³-hybridized carbons (Fsp3) is 0.273. The van der Waals surface area contributed by atoms with E-state index in [-0.39, 0.29) is 6.03 Å². The van der Waals surface area contributed by atoms with Gasteiger partial charge in [-0.05, 0) is 18.2 Å². The third-order valence-electron chi connectivity index (χ3n) is 1.97. The molecule has 0 heterocycles. The Morgan fingerprint density at radius 2 is 2.18 bits per heavy atom. The lowest BCUT2D eigenvalue weighted by molar-refractivity contribution is 0.0600. The van der Waals surface area contributed by atoms with Crippen LogP contribution in [0.4, 0.5) is 10.5 Å². The van der Waals surface area contributed by atoms with Gasteiger partial charge in [-0.2, -0.15) is 0 Å². The number of carbonyl (C=O) groups excluding carboxylic acids is 2. The third kappa shape index (κ3) is 4.12. The van der Waals surface area contributed by atoms with Crippen LogP contribution in [0.2, 0.25) is 0 Å². The molecule has 0 aliphatic carbocycles. The van der Waals surface area contributed by atoms with Gasteiger partial charge in [0.25, 0.3) is 0 Å². The smallest absolute Gasteiger partial charge is 0.337 e. The number of urea groups is 1. The lowest BCUT2D eigenvalue weighted by atomic mass is 10.2. The van der Waals surface area contributed by atoms with Crippen molar-refractivity contribution in [1.29, 1.82) is 0 Å². The Labute approximate surface area is 99.1 Å². The summed E-state index contributed by atoms with van der Waals surface area (Å²) >= 11 is 0. The molecule has 1 rings (SSSR count). The van der Waals surface area contributed by atoms with E-state index in [4.69, 9.17) is 5.73 Å². The molecule has 0 atom stereocenters. The maximum Gasteiger partial charge on any atom is 0.337 e. The normalized spacial score (nSPS) is 9.53. The van der Waals surface area contributed by atoms with E-state index < -0.39 is 5.97 Å². The number of hydrogen-bond donors (Lipinski definition) is 3. The molecule has 0 aromatic heterocycles. The number of amides is 2. The summed E-state index contributed by atoms with van der Waals surface area (Å²) in [6.45, 7) is 0.762. The van der Waals surface area contributed by atoms with E-state index in [2.05, 4.69) is 15.4 Å². The van der Waals surface area contributed by atoms with Crippen LogP contribution in [0.25, 0.3) is 0 Å². The zero-order valence-corrected chi connectivity index (χ0v) is 9.53. The van der Waals surface area contributed by atoms with Gasteiger partial charge in [0.1, 0.15) is 0 Å². The van der Waals surface area contributed by atoms with Crippen molar-refractivity contribution in [2.75, 3.05) is 25.5 Å². The predicted molar refractivity (Wildman–Crippen MR) is 63.9 cm³/mol. The van der Waals surface area contributed by atoms with Crippen LogP contribution >= 0.6 is 0 Å². The van der Waals surface area contributed by atoms with Crippen LogP contribution in [0, 0.1) is 0 Å². The Morgan fingerprint density at radius 1 is 1.41 bits per heavy atom. The number of anilines is 1. The van der Waals surface area contributed by atoms with Crippen LogP contribution < -0.4 is 16.4 Å². The van der Waals surface area contributed by atoms with Gasteiger partial charge >= 0.3 is 12.0 Å². The van der Waals surface area contributed by atoms with Crippen LogP contribution in [0.15, 0.2) is 24.3 Å². The Bertz CT molecular complexity index is 407. The SMILES string of the molecule is COC(=O)c1cccc(NC(=O)NCCN)c1. The molecule has 0 fully saturated rings. The van der Waals surface area contributed by atoms with Crippen molar-refractivity contribution in [3.8, 4) is 0 Å². The van der Waals surface area contributed by atoms with Gasteiger partial charge in [-0.25, -0.2) is 9.59 Å². The summed E-state index contributed by atoms with van der Waals surface area (Å²) < 4.78 is 4.58. The van der Waals surface area contributed by atoms with Crippen molar-refractivity contribution in [3.63, 3.8) is 0 Å². The molecule has 2 amide bonds. The molecule has 0 aliphatic rings. The number of nitrogens with two attached hydrogens (primary N) is 1. The van der Waals surface area contributed by atoms with E-state index in [9.17, 15) is 9.59 Å². The fourth-order valence-electron chi connectivity index (χ4n) is 1.20. The van der Waals surface area contributed by atoms with Crippen LogP contribution in [0.3, 0.4) is 0 Å². The fourth-order valence-corrected chi connectivity index (χ4v) is 1.20. The first-order valence-corrected chi connectivity index (χ1v) is 5.10. The number of hydrogen-bond acceptors (Lipinski definition) is 4. The van der Waals surface area contributed by atoms with E-state index in [0.29, 0.717) is 24.3 Å². The summed E-state index contributed by atoms with van der Waals surface area (Å²) in [4.78, 5) is 22.6. The number of benzene rings is 1. The number of nitrogens with one attached hydrogen (secondary N) is 2. The van der Waals surface area contributed by atoms with E-state index >= 15 is 0 Å². The lowest BCUT2D eigenvalue weighted by Crippen LogP contribution is -2.32. The third-order valence-corrected chi connectivity index (χ3v) is 1.97. The average Bonchev–Trinajstić information content (AvgIpc) is 2.35. The minimum Gasteiger partial charge on any atom is -0.465 e. The average molecular weight is 237 g/mol. The highest BCUT2D eigenvalue weighted by molar-refractivity contribution is 5.93. The van der Waals surface area contributed by atoms with Gasteiger partial charge in [0.05, 0.1) is 12.7 Å². The number of carbonyl (C=O) groups is 2. The van der Waals surface area contributed by atoms with Gasteiger partial charge in [0, 0.05) is 18.8 Å². The van der Waals surface area contributed by atoms with Crippen LogP contribution in [-0.2, 0) is 4.74 Å². The monoisotopic (exact) mass is 237 g/mol. The molecule has 6 nitrogen and oxygen atoms in total. The van der Waals surface area contributed by atoms with Crippen LogP contribution in [-0.4, -0.2) is 32.2 Å². The van der Waals surface area contributed by atoms with E-state index in [1.54, 1.807) is 18.2 Å². The predicted octanol–water partition coefficient (Wildman–Crippen LogP) is 0.553. The highest BCUT2D eigenvalue weighted by Gasteiger charge is 2.06. The summed E-state index contributed by atoms with van der Waals surface area (Å²) in [7, 11) is 1.30. The summed E-state index contributed by atoms with van der Waals surface area (Å²) in [5, 5.41) is 5.13. The Balaban J connectivity index is 2.65. The Kier molecular flexibility index (Phi) is 4.96. The molecular formula is C11H15N3O3. The molecule has 0 bridgehead atoms. The summed E-state index contributed by atoms with van der Waals surface area (Å²) in [5.41, 5.74) is 6.14. The molecule has 4 N–H and O–H groups in total. The Morgan fingerprint density at radius 3 is 2.82 bits per heavy atom. The number of ether oxygens (including phenoxy) is 1. The van der Waals surface area contributed by atoms with Crippen molar-refractivity contribution < 1.29 is 14.3 Å². The largest absolute Gasteiger partial charge is 0.465 e. The maximum absolute atomic E-state index is 11.3. The van der Waals surface area contributed by atoms with E-state index in [0.717, 1.165) is 0 Å². The second kappa shape index (κ2) is 6.49. The molecule has 17 heavy (non-hydrogen) atoms. The zero-order valence-electron chi connectivity index (χ0n) is 9.53. The Hall–Kier alpha value is -2.08. The van der Waals surface area contributed by atoms with Gasteiger partial charge in [0.2, 0.25) is 0 Å². The molecule has 0 saturated carbocycles.